The molecule has 0 aliphatic carbocycles. The highest BCUT2D eigenvalue weighted by molar-refractivity contribution is 6.34. The third kappa shape index (κ3) is 4.70. The predicted octanol–water partition coefficient (Wildman–Crippen LogP) is 4.12. The third-order valence-corrected chi connectivity index (χ3v) is 5.18. The van der Waals surface area contributed by atoms with Gasteiger partial charge in [-0.3, -0.25) is 9.59 Å². The second-order valence-electron chi connectivity index (χ2n) is 7.46. The van der Waals surface area contributed by atoms with Crippen LogP contribution in [0.3, 0.4) is 0 Å². The fourth-order valence-electron chi connectivity index (χ4n) is 3.22. The minimum Gasteiger partial charge on any atom is -0.384 e. The highest BCUT2D eigenvalue weighted by Gasteiger charge is 2.20. The zero-order valence-corrected chi connectivity index (χ0v) is 18.7. The Morgan fingerprint density at radius 2 is 1.76 bits per heavy atom. The molecule has 166 valence electrons. The summed E-state index contributed by atoms with van der Waals surface area (Å²) in [4.78, 5) is 31.4. The summed E-state index contributed by atoms with van der Waals surface area (Å²) < 4.78 is 1.51. The monoisotopic (exact) mass is 460 g/mol. The van der Waals surface area contributed by atoms with Crippen LogP contribution in [0.25, 0.3) is 16.9 Å². The summed E-state index contributed by atoms with van der Waals surface area (Å²) in [6.07, 6.45) is 0. The second kappa shape index (κ2) is 9.13. The number of pyridine rings is 1. The minimum atomic E-state index is -0.452. The van der Waals surface area contributed by atoms with Crippen LogP contribution in [0.2, 0.25) is 5.02 Å². The van der Waals surface area contributed by atoms with Gasteiger partial charge in [0.1, 0.15) is 11.6 Å². The summed E-state index contributed by atoms with van der Waals surface area (Å²) in [5, 5.41) is 7.50. The Bertz CT molecular complexity index is 1330. The normalized spacial score (nSPS) is 10.6. The maximum Gasteiger partial charge on any atom is 0.273 e. The number of para-hydroxylation sites is 1. The molecule has 4 aromatic rings. The fourth-order valence-corrected chi connectivity index (χ4v) is 3.43. The molecular formula is C24H21ClN6O2. The van der Waals surface area contributed by atoms with Crippen LogP contribution in [-0.4, -0.2) is 45.6 Å². The molecule has 3 N–H and O–H groups in total. The maximum absolute atomic E-state index is 13.2. The maximum atomic E-state index is 13.2. The van der Waals surface area contributed by atoms with Crippen molar-refractivity contribution in [2.75, 3.05) is 25.1 Å². The number of carbonyl (C=O) groups is 2. The summed E-state index contributed by atoms with van der Waals surface area (Å²) in [7, 11) is 3.27. The number of anilines is 2. The van der Waals surface area contributed by atoms with Crippen LogP contribution >= 0.6 is 11.6 Å². The number of nitrogen functional groups attached to an aromatic ring is 1. The standard InChI is InChI=1S/C24H21ClN6O2/c1-30(2)24(33)20-14-22(31(29-20)16-7-4-3-5-8-16)28-23(32)17-13-15(11-12-18(17)25)19-9-6-10-21(26)27-19/h3-14H,1-2H3,(H2,26,27)(H,28,32). The largest absolute Gasteiger partial charge is 0.384 e. The van der Waals surface area contributed by atoms with Gasteiger partial charge in [0, 0.05) is 25.7 Å². The van der Waals surface area contributed by atoms with Gasteiger partial charge in [0.15, 0.2) is 5.69 Å². The third-order valence-electron chi connectivity index (χ3n) is 4.85. The first-order valence-electron chi connectivity index (χ1n) is 10.0. The summed E-state index contributed by atoms with van der Waals surface area (Å²) in [6.45, 7) is 0. The Balaban J connectivity index is 1.71. The van der Waals surface area contributed by atoms with Crippen molar-refractivity contribution in [2.24, 2.45) is 0 Å². The van der Waals surface area contributed by atoms with E-state index in [1.165, 1.54) is 15.6 Å². The Kier molecular flexibility index (Phi) is 6.10. The topological polar surface area (TPSA) is 106 Å². The lowest BCUT2D eigenvalue weighted by molar-refractivity contribution is 0.0821. The molecule has 0 unspecified atom stereocenters. The van der Waals surface area contributed by atoms with E-state index in [0.29, 0.717) is 28.6 Å². The van der Waals surface area contributed by atoms with Crippen LogP contribution in [-0.2, 0) is 0 Å². The van der Waals surface area contributed by atoms with Crippen molar-refractivity contribution in [3.63, 3.8) is 0 Å². The molecule has 33 heavy (non-hydrogen) atoms. The van der Waals surface area contributed by atoms with E-state index in [1.54, 1.807) is 50.5 Å². The number of halogens is 1. The summed E-state index contributed by atoms with van der Waals surface area (Å²) in [5.41, 5.74) is 8.24. The molecule has 9 heteroatoms. The molecule has 8 nitrogen and oxygen atoms in total. The smallest absolute Gasteiger partial charge is 0.273 e. The van der Waals surface area contributed by atoms with Gasteiger partial charge in [-0.05, 0) is 36.4 Å². The first-order valence-corrected chi connectivity index (χ1v) is 10.4. The zero-order chi connectivity index (χ0) is 23.5. The first kappa shape index (κ1) is 22.0. The number of rotatable bonds is 5. The van der Waals surface area contributed by atoms with E-state index in [-0.39, 0.29) is 22.2 Å². The van der Waals surface area contributed by atoms with E-state index >= 15 is 0 Å². The molecular weight excluding hydrogens is 440 g/mol. The Morgan fingerprint density at radius 3 is 2.45 bits per heavy atom. The van der Waals surface area contributed by atoms with Crippen LogP contribution < -0.4 is 11.1 Å². The van der Waals surface area contributed by atoms with Crippen molar-refractivity contribution in [1.82, 2.24) is 19.7 Å². The predicted molar refractivity (Wildman–Crippen MR) is 129 cm³/mol. The van der Waals surface area contributed by atoms with E-state index in [1.807, 2.05) is 30.3 Å². The Hall–Kier alpha value is -4.17. The second-order valence-corrected chi connectivity index (χ2v) is 7.87. The SMILES string of the molecule is CN(C)C(=O)c1cc(NC(=O)c2cc(-c3cccc(N)n3)ccc2Cl)n(-c2ccccc2)n1. The molecule has 0 radical (unpaired) electrons. The van der Waals surface area contributed by atoms with Gasteiger partial charge in [-0.1, -0.05) is 41.9 Å². The summed E-state index contributed by atoms with van der Waals surface area (Å²) in [6, 6.07) is 21.0. The lowest BCUT2D eigenvalue weighted by atomic mass is 10.1. The van der Waals surface area contributed by atoms with Gasteiger partial charge in [0.05, 0.1) is 22.0 Å². The van der Waals surface area contributed by atoms with Crippen LogP contribution in [0.5, 0.6) is 0 Å². The highest BCUT2D eigenvalue weighted by Crippen LogP contribution is 2.26. The number of nitrogens with two attached hydrogens (primary N) is 1. The quantitative estimate of drug-likeness (QED) is 0.466. The first-order chi connectivity index (χ1) is 15.8. The number of benzene rings is 2. The molecule has 0 fully saturated rings. The molecule has 0 spiro atoms. The van der Waals surface area contributed by atoms with Crippen molar-refractivity contribution in [2.45, 2.75) is 0 Å². The lowest BCUT2D eigenvalue weighted by Crippen LogP contribution is -2.22. The number of aromatic nitrogens is 3. The molecule has 0 aliphatic rings. The molecule has 0 atom stereocenters. The van der Waals surface area contributed by atoms with Gasteiger partial charge in [-0.15, -0.1) is 0 Å². The van der Waals surface area contributed by atoms with Crippen molar-refractivity contribution >= 4 is 35.1 Å². The summed E-state index contributed by atoms with van der Waals surface area (Å²) in [5.74, 6) is -0.0297. The number of hydrogen-bond acceptors (Lipinski definition) is 5. The van der Waals surface area contributed by atoms with E-state index in [9.17, 15) is 9.59 Å². The fraction of sp³-hybridized carbons (Fsp3) is 0.0833. The van der Waals surface area contributed by atoms with Gasteiger partial charge >= 0.3 is 0 Å². The molecule has 2 heterocycles. The highest BCUT2D eigenvalue weighted by atomic mass is 35.5. The number of hydrogen-bond donors (Lipinski definition) is 2. The Morgan fingerprint density at radius 1 is 1.00 bits per heavy atom. The van der Waals surface area contributed by atoms with Gasteiger partial charge in [0.25, 0.3) is 11.8 Å². The van der Waals surface area contributed by atoms with Gasteiger partial charge in [-0.25, -0.2) is 9.67 Å². The van der Waals surface area contributed by atoms with Gasteiger partial charge < -0.3 is 16.0 Å². The molecule has 2 aromatic heterocycles. The van der Waals surface area contributed by atoms with Gasteiger partial charge in [-0.2, -0.15) is 5.10 Å². The summed E-state index contributed by atoms with van der Waals surface area (Å²) >= 11 is 6.34. The van der Waals surface area contributed by atoms with Crippen molar-refractivity contribution in [1.29, 1.82) is 0 Å². The van der Waals surface area contributed by atoms with Gasteiger partial charge in [0.2, 0.25) is 0 Å². The van der Waals surface area contributed by atoms with Crippen LogP contribution in [0.15, 0.2) is 72.8 Å². The molecule has 0 aliphatic heterocycles. The average molecular weight is 461 g/mol. The van der Waals surface area contributed by atoms with Crippen molar-refractivity contribution in [3.05, 3.63) is 89.1 Å². The zero-order valence-electron chi connectivity index (χ0n) is 18.0. The van der Waals surface area contributed by atoms with Crippen molar-refractivity contribution in [3.8, 4) is 16.9 Å². The molecule has 0 saturated heterocycles. The van der Waals surface area contributed by atoms with Crippen LogP contribution in [0, 0.1) is 0 Å². The molecule has 4 rings (SSSR count). The van der Waals surface area contributed by atoms with E-state index < -0.39 is 5.91 Å². The lowest BCUT2D eigenvalue weighted by Gasteiger charge is -2.11. The number of nitrogens with one attached hydrogen (secondary N) is 1. The average Bonchev–Trinajstić information content (AvgIpc) is 3.22. The van der Waals surface area contributed by atoms with Crippen molar-refractivity contribution < 1.29 is 9.59 Å². The van der Waals surface area contributed by atoms with E-state index in [2.05, 4.69) is 15.4 Å². The number of amides is 2. The number of nitrogens with zero attached hydrogens (tertiary/aromatic N) is 4. The molecule has 2 aromatic carbocycles. The van der Waals surface area contributed by atoms with E-state index in [0.717, 1.165) is 0 Å². The molecule has 0 bridgehead atoms. The minimum absolute atomic E-state index is 0.197. The van der Waals surface area contributed by atoms with Crippen LogP contribution in [0.4, 0.5) is 11.6 Å². The van der Waals surface area contributed by atoms with Crippen LogP contribution in [0.1, 0.15) is 20.8 Å². The Labute approximate surface area is 195 Å². The molecule has 0 saturated carbocycles. The molecule has 2 amide bonds. The number of carbonyl (C=O) groups excluding carboxylic acids is 2. The van der Waals surface area contributed by atoms with E-state index in [4.69, 9.17) is 17.3 Å².